The topological polar surface area (TPSA) is 217 Å². The molecule has 5 unspecified atom stereocenters. The second-order valence-electron chi connectivity index (χ2n) is 9.58. The third-order valence-electron chi connectivity index (χ3n) is 5.69. The molecule has 1 aromatic carbocycles. The van der Waals surface area contributed by atoms with Gasteiger partial charge in [-0.15, -0.1) is 0 Å². The summed E-state index contributed by atoms with van der Waals surface area (Å²) in [5, 5.41) is 36.4. The van der Waals surface area contributed by atoms with Crippen LogP contribution in [0.2, 0.25) is 0 Å². The number of phenolic OH excluding ortho intramolecular Hbond substituents is 1. The third-order valence-corrected chi connectivity index (χ3v) is 5.69. The number of carboxylic acid groups (broad SMARTS) is 1. The first kappa shape index (κ1) is 31.8. The normalized spacial score (nSPS) is 15.2. The molecule has 0 aliphatic rings. The van der Waals surface area contributed by atoms with Gasteiger partial charge in [-0.1, -0.05) is 26.0 Å². The van der Waals surface area contributed by atoms with Crippen molar-refractivity contribution in [2.75, 3.05) is 6.54 Å². The van der Waals surface area contributed by atoms with E-state index in [1.54, 1.807) is 12.1 Å². The molecule has 0 aliphatic carbocycles. The van der Waals surface area contributed by atoms with Crippen molar-refractivity contribution < 1.29 is 34.5 Å². The number of carbonyl (C=O) groups excluding carboxylic acids is 3. The number of unbranched alkanes of at least 4 members (excludes halogenated alkanes) is 1. The summed E-state index contributed by atoms with van der Waals surface area (Å²) < 4.78 is 0. The Kier molecular flexibility index (Phi) is 13.6. The molecule has 0 fully saturated rings. The number of aliphatic hydroxyl groups is 1. The smallest absolute Gasteiger partial charge is 0.326 e. The number of nitrogens with two attached hydrogens (primary N) is 2. The minimum atomic E-state index is -1.40. The van der Waals surface area contributed by atoms with Crippen molar-refractivity contribution in [2.45, 2.75) is 83.1 Å². The lowest BCUT2D eigenvalue weighted by molar-refractivity contribution is -0.142. The molecule has 12 nitrogen and oxygen atoms in total. The molecule has 0 radical (unpaired) electrons. The molecular formula is C25H41N5O7. The highest BCUT2D eigenvalue weighted by molar-refractivity contribution is 5.94. The molecule has 1 aromatic rings. The van der Waals surface area contributed by atoms with E-state index < -0.39 is 54.0 Å². The zero-order chi connectivity index (χ0) is 28.1. The van der Waals surface area contributed by atoms with Crippen LogP contribution in [-0.4, -0.2) is 75.8 Å². The molecule has 0 aromatic heterocycles. The second-order valence-corrected chi connectivity index (χ2v) is 9.58. The SMILES string of the molecule is CC(C)CC(NC(=O)C(NC(=O)C(N)Cc1ccc(O)cc1)C(C)O)C(=O)NC(CCCCN)C(=O)O. The van der Waals surface area contributed by atoms with E-state index >= 15 is 0 Å². The Balaban J connectivity index is 2.90. The molecule has 0 saturated heterocycles. The van der Waals surface area contributed by atoms with E-state index in [4.69, 9.17) is 11.5 Å². The number of hydrogen-bond acceptors (Lipinski definition) is 8. The highest BCUT2D eigenvalue weighted by Gasteiger charge is 2.32. The van der Waals surface area contributed by atoms with E-state index in [-0.39, 0.29) is 30.9 Å². The Morgan fingerprint density at radius 2 is 1.49 bits per heavy atom. The third kappa shape index (κ3) is 11.6. The second kappa shape index (κ2) is 15.8. The number of carboxylic acids is 1. The van der Waals surface area contributed by atoms with Crippen LogP contribution < -0.4 is 27.4 Å². The maximum atomic E-state index is 13.0. The quantitative estimate of drug-likeness (QED) is 0.129. The first-order chi connectivity index (χ1) is 17.3. The number of carbonyl (C=O) groups is 4. The van der Waals surface area contributed by atoms with Crippen LogP contribution in [0.5, 0.6) is 5.75 Å². The molecule has 37 heavy (non-hydrogen) atoms. The lowest BCUT2D eigenvalue weighted by Gasteiger charge is -2.27. The van der Waals surface area contributed by atoms with Crippen molar-refractivity contribution in [1.29, 1.82) is 0 Å². The summed E-state index contributed by atoms with van der Waals surface area (Å²) in [6.07, 6.45) is 0.320. The van der Waals surface area contributed by atoms with Gasteiger partial charge in [0, 0.05) is 0 Å². The largest absolute Gasteiger partial charge is 0.508 e. The van der Waals surface area contributed by atoms with E-state index in [2.05, 4.69) is 16.0 Å². The van der Waals surface area contributed by atoms with Gasteiger partial charge in [0.2, 0.25) is 17.7 Å². The number of aliphatic hydroxyl groups excluding tert-OH is 1. The summed E-state index contributed by atoms with van der Waals surface area (Å²) >= 11 is 0. The summed E-state index contributed by atoms with van der Waals surface area (Å²) in [5.74, 6) is -3.34. The molecule has 10 N–H and O–H groups in total. The first-order valence-corrected chi connectivity index (χ1v) is 12.4. The average Bonchev–Trinajstić information content (AvgIpc) is 2.81. The lowest BCUT2D eigenvalue weighted by Crippen LogP contribution is -2.60. The Morgan fingerprint density at radius 3 is 2.00 bits per heavy atom. The number of aliphatic carboxylic acids is 1. The van der Waals surface area contributed by atoms with Crippen LogP contribution >= 0.6 is 0 Å². The van der Waals surface area contributed by atoms with Crippen molar-refractivity contribution in [2.24, 2.45) is 17.4 Å². The van der Waals surface area contributed by atoms with Gasteiger partial charge in [-0.25, -0.2) is 4.79 Å². The monoisotopic (exact) mass is 523 g/mol. The number of amides is 3. The number of rotatable bonds is 16. The Morgan fingerprint density at radius 1 is 0.892 bits per heavy atom. The van der Waals surface area contributed by atoms with Gasteiger partial charge in [0.25, 0.3) is 0 Å². The molecule has 208 valence electrons. The first-order valence-electron chi connectivity index (χ1n) is 12.4. The van der Waals surface area contributed by atoms with Crippen molar-refractivity contribution in [3.05, 3.63) is 29.8 Å². The summed E-state index contributed by atoms with van der Waals surface area (Å²) in [6.45, 7) is 5.38. The summed E-state index contributed by atoms with van der Waals surface area (Å²) in [4.78, 5) is 50.1. The Bertz CT molecular complexity index is 892. The van der Waals surface area contributed by atoms with Gasteiger partial charge in [-0.3, -0.25) is 14.4 Å². The number of nitrogens with one attached hydrogen (secondary N) is 3. The molecule has 3 amide bonds. The zero-order valence-corrected chi connectivity index (χ0v) is 21.6. The fourth-order valence-electron chi connectivity index (χ4n) is 3.63. The zero-order valence-electron chi connectivity index (χ0n) is 21.6. The summed E-state index contributed by atoms with van der Waals surface area (Å²) in [7, 11) is 0. The van der Waals surface area contributed by atoms with E-state index in [0.717, 1.165) is 0 Å². The maximum absolute atomic E-state index is 13.0. The molecule has 0 bridgehead atoms. The molecule has 0 heterocycles. The lowest BCUT2D eigenvalue weighted by atomic mass is 10.0. The van der Waals surface area contributed by atoms with Crippen LogP contribution in [0.4, 0.5) is 0 Å². The number of aromatic hydroxyl groups is 1. The van der Waals surface area contributed by atoms with Gasteiger partial charge >= 0.3 is 5.97 Å². The standard InChI is InChI=1S/C25H41N5O7/c1-14(2)12-20(23(34)28-19(25(36)37)6-4-5-11-26)29-24(35)21(15(3)31)30-22(33)18(27)13-16-7-9-17(32)10-8-16/h7-10,14-15,18-21,31-32H,4-6,11-13,26-27H2,1-3H3,(H,28,34)(H,29,35)(H,30,33)(H,36,37). The molecule has 0 spiro atoms. The molecule has 5 atom stereocenters. The van der Waals surface area contributed by atoms with Crippen molar-refractivity contribution in [1.82, 2.24) is 16.0 Å². The van der Waals surface area contributed by atoms with Gasteiger partial charge in [-0.2, -0.15) is 0 Å². The van der Waals surface area contributed by atoms with Gasteiger partial charge in [0.05, 0.1) is 12.1 Å². The highest BCUT2D eigenvalue weighted by atomic mass is 16.4. The number of phenols is 1. The van der Waals surface area contributed by atoms with E-state index in [1.807, 2.05) is 13.8 Å². The van der Waals surface area contributed by atoms with Crippen LogP contribution in [-0.2, 0) is 25.6 Å². The van der Waals surface area contributed by atoms with Crippen LogP contribution in [0, 0.1) is 5.92 Å². The average molecular weight is 524 g/mol. The van der Waals surface area contributed by atoms with Gasteiger partial charge < -0.3 is 42.7 Å². The van der Waals surface area contributed by atoms with Crippen LogP contribution in [0.15, 0.2) is 24.3 Å². The minimum absolute atomic E-state index is 0.0325. The van der Waals surface area contributed by atoms with Gasteiger partial charge in [-0.05, 0) is 69.2 Å². The number of benzene rings is 1. The fraction of sp³-hybridized carbons (Fsp3) is 0.600. The van der Waals surface area contributed by atoms with E-state index in [1.165, 1.54) is 19.1 Å². The fourth-order valence-corrected chi connectivity index (χ4v) is 3.63. The predicted molar refractivity (Wildman–Crippen MR) is 137 cm³/mol. The summed E-state index contributed by atoms with van der Waals surface area (Å²) in [6, 6.07) is 1.45. The van der Waals surface area contributed by atoms with Gasteiger partial charge in [0.1, 0.15) is 23.9 Å². The Hall–Kier alpha value is -3.22. The predicted octanol–water partition coefficient (Wildman–Crippen LogP) is -0.643. The van der Waals surface area contributed by atoms with Crippen molar-refractivity contribution >= 4 is 23.7 Å². The van der Waals surface area contributed by atoms with Crippen LogP contribution in [0.3, 0.4) is 0 Å². The van der Waals surface area contributed by atoms with Crippen LogP contribution in [0.1, 0.15) is 52.0 Å². The molecule has 0 saturated carbocycles. The van der Waals surface area contributed by atoms with E-state index in [0.29, 0.717) is 24.9 Å². The highest BCUT2D eigenvalue weighted by Crippen LogP contribution is 2.12. The molecular weight excluding hydrogens is 482 g/mol. The molecule has 1 rings (SSSR count). The van der Waals surface area contributed by atoms with E-state index in [9.17, 15) is 34.5 Å². The van der Waals surface area contributed by atoms with Crippen molar-refractivity contribution in [3.8, 4) is 5.75 Å². The maximum Gasteiger partial charge on any atom is 0.326 e. The number of hydrogen-bond donors (Lipinski definition) is 8. The molecule has 12 heteroatoms. The van der Waals surface area contributed by atoms with Crippen molar-refractivity contribution in [3.63, 3.8) is 0 Å². The summed E-state index contributed by atoms with van der Waals surface area (Å²) in [5.41, 5.74) is 12.1. The van der Waals surface area contributed by atoms with Gasteiger partial charge in [0.15, 0.2) is 0 Å². The Labute approximate surface area is 217 Å². The van der Waals surface area contributed by atoms with Crippen LogP contribution in [0.25, 0.3) is 0 Å². The minimum Gasteiger partial charge on any atom is -0.508 e. The molecule has 0 aliphatic heterocycles.